The molecule has 1 aromatic carbocycles. The summed E-state index contributed by atoms with van der Waals surface area (Å²) in [6.07, 6.45) is 5.79. The minimum Gasteiger partial charge on any atom is -0.338 e. The van der Waals surface area contributed by atoms with Gasteiger partial charge in [0.1, 0.15) is 5.56 Å². The number of para-hydroxylation sites is 1. The Hall–Kier alpha value is -2.17. The first-order valence-electron chi connectivity index (χ1n) is 7.36. The number of rotatable bonds is 2. The Morgan fingerprint density at radius 1 is 1.14 bits per heavy atom. The number of fused-ring (bicyclic) bond motifs is 5. The van der Waals surface area contributed by atoms with Gasteiger partial charge in [-0.05, 0) is 36.2 Å². The number of amides is 1. The molecule has 5 nitrogen and oxygen atoms in total. The van der Waals surface area contributed by atoms with Gasteiger partial charge in [0, 0.05) is 19.2 Å². The summed E-state index contributed by atoms with van der Waals surface area (Å²) in [7, 11) is 0. The van der Waals surface area contributed by atoms with Crippen LogP contribution in [0.4, 0.5) is 5.69 Å². The van der Waals surface area contributed by atoms with E-state index in [1.165, 1.54) is 12.5 Å². The van der Waals surface area contributed by atoms with E-state index >= 15 is 0 Å². The van der Waals surface area contributed by atoms with Crippen LogP contribution >= 0.6 is 0 Å². The average Bonchev–Trinajstić information content (AvgIpc) is 3.18. The molecular weight excluding hydrogens is 268 g/mol. The number of benzene rings is 1. The smallest absolute Gasteiger partial charge is 0.282 e. The van der Waals surface area contributed by atoms with E-state index in [0.717, 1.165) is 13.1 Å². The van der Waals surface area contributed by atoms with Crippen LogP contribution in [0, 0.1) is 33.8 Å². The fourth-order valence-corrected chi connectivity index (χ4v) is 4.30. The van der Waals surface area contributed by atoms with Crippen LogP contribution in [0.2, 0.25) is 0 Å². The Morgan fingerprint density at radius 3 is 2.38 bits per heavy atom. The van der Waals surface area contributed by atoms with Crippen LogP contribution in [0.5, 0.6) is 0 Å². The number of hydrogen-bond donors (Lipinski definition) is 0. The molecule has 108 valence electrons. The summed E-state index contributed by atoms with van der Waals surface area (Å²) in [6, 6.07) is 6.23. The third-order valence-corrected chi connectivity index (χ3v) is 5.28. The molecule has 0 N–H and O–H groups in total. The summed E-state index contributed by atoms with van der Waals surface area (Å²) in [5, 5.41) is 11.1. The van der Waals surface area contributed by atoms with Gasteiger partial charge < -0.3 is 4.90 Å². The number of likely N-dealkylation sites (tertiary alicyclic amines) is 1. The van der Waals surface area contributed by atoms with Crippen molar-refractivity contribution in [2.75, 3.05) is 13.1 Å². The number of nitrogens with zero attached hydrogens (tertiary/aromatic N) is 2. The maximum atomic E-state index is 12.6. The maximum absolute atomic E-state index is 12.6. The van der Waals surface area contributed by atoms with Crippen molar-refractivity contribution in [3.8, 4) is 0 Å². The minimum atomic E-state index is -0.477. The zero-order chi connectivity index (χ0) is 14.6. The molecule has 4 rings (SSSR count). The predicted octanol–water partition coefficient (Wildman–Crippen LogP) is 2.49. The molecule has 1 amide bonds. The highest BCUT2D eigenvalue weighted by Crippen LogP contribution is 2.51. The van der Waals surface area contributed by atoms with Gasteiger partial charge in [0.15, 0.2) is 0 Å². The summed E-state index contributed by atoms with van der Waals surface area (Å²) in [5.41, 5.74) is 0.114. The molecule has 3 aliphatic rings. The van der Waals surface area contributed by atoms with Gasteiger partial charge in [0.2, 0.25) is 0 Å². The van der Waals surface area contributed by atoms with E-state index in [0.29, 0.717) is 23.7 Å². The second-order valence-electron chi connectivity index (χ2n) is 6.26. The second-order valence-corrected chi connectivity index (χ2v) is 6.26. The van der Waals surface area contributed by atoms with E-state index in [4.69, 9.17) is 0 Å². The summed E-state index contributed by atoms with van der Waals surface area (Å²) in [5.74, 6) is 2.10. The molecule has 5 heteroatoms. The number of carbonyl (C=O) groups is 1. The van der Waals surface area contributed by atoms with Gasteiger partial charge in [0.05, 0.1) is 4.92 Å². The summed E-state index contributed by atoms with van der Waals surface area (Å²) in [6.45, 7) is 1.47. The zero-order valence-corrected chi connectivity index (χ0v) is 11.5. The topological polar surface area (TPSA) is 63.4 Å². The van der Waals surface area contributed by atoms with Crippen molar-refractivity contribution in [3.63, 3.8) is 0 Å². The largest absolute Gasteiger partial charge is 0.338 e. The number of carbonyl (C=O) groups excluding carboxylic acids is 1. The van der Waals surface area contributed by atoms with Crippen LogP contribution in [-0.4, -0.2) is 28.8 Å². The SMILES string of the molecule is O=C(c1ccccc1[N+](=O)[O-])N1C[C@@H]2[C@H](C1)[C@H]1C=C[C@H]2C1. The van der Waals surface area contributed by atoms with E-state index in [2.05, 4.69) is 12.2 Å². The van der Waals surface area contributed by atoms with Crippen molar-refractivity contribution < 1.29 is 9.72 Å². The van der Waals surface area contributed by atoms with E-state index in [1.807, 2.05) is 4.90 Å². The van der Waals surface area contributed by atoms with Gasteiger partial charge in [-0.15, -0.1) is 0 Å². The molecule has 1 aromatic rings. The Balaban J connectivity index is 1.59. The zero-order valence-electron chi connectivity index (χ0n) is 11.5. The highest BCUT2D eigenvalue weighted by molar-refractivity contribution is 5.98. The molecule has 0 unspecified atom stereocenters. The molecule has 0 spiro atoms. The Labute approximate surface area is 122 Å². The first-order valence-corrected chi connectivity index (χ1v) is 7.36. The monoisotopic (exact) mass is 284 g/mol. The number of nitro benzene ring substituents is 1. The van der Waals surface area contributed by atoms with Gasteiger partial charge in [-0.3, -0.25) is 14.9 Å². The molecule has 2 aliphatic carbocycles. The Morgan fingerprint density at radius 2 is 1.76 bits per heavy atom. The molecule has 21 heavy (non-hydrogen) atoms. The molecule has 1 aliphatic heterocycles. The third-order valence-electron chi connectivity index (χ3n) is 5.28. The number of allylic oxidation sites excluding steroid dienone is 2. The van der Waals surface area contributed by atoms with Crippen molar-refractivity contribution in [2.45, 2.75) is 6.42 Å². The fraction of sp³-hybridized carbons (Fsp3) is 0.438. The standard InChI is InChI=1S/C16H16N2O3/c19-16(12-3-1-2-4-15(12)18(20)21)17-8-13-10-5-6-11(7-10)14(13)9-17/h1-6,10-11,13-14H,7-9H2/t10-,11-,13-,14+/m0/s1. The van der Waals surface area contributed by atoms with E-state index in [9.17, 15) is 14.9 Å². The molecule has 0 aromatic heterocycles. The lowest BCUT2D eigenvalue weighted by Gasteiger charge is -2.18. The molecule has 4 atom stereocenters. The molecule has 0 radical (unpaired) electrons. The van der Waals surface area contributed by atoms with E-state index in [1.54, 1.807) is 18.2 Å². The van der Waals surface area contributed by atoms with Crippen LogP contribution in [0.1, 0.15) is 16.8 Å². The summed E-state index contributed by atoms with van der Waals surface area (Å²) < 4.78 is 0. The van der Waals surface area contributed by atoms with Crippen LogP contribution < -0.4 is 0 Å². The summed E-state index contributed by atoms with van der Waals surface area (Å²) in [4.78, 5) is 25.0. The fourth-order valence-electron chi connectivity index (χ4n) is 4.30. The quantitative estimate of drug-likeness (QED) is 0.476. The van der Waals surface area contributed by atoms with Crippen LogP contribution in [0.25, 0.3) is 0 Å². The third kappa shape index (κ3) is 1.80. The maximum Gasteiger partial charge on any atom is 0.282 e. The van der Waals surface area contributed by atoms with E-state index in [-0.39, 0.29) is 17.2 Å². The van der Waals surface area contributed by atoms with Crippen molar-refractivity contribution in [1.82, 2.24) is 4.90 Å². The molecule has 1 saturated heterocycles. The van der Waals surface area contributed by atoms with Crippen molar-refractivity contribution in [2.24, 2.45) is 23.7 Å². The lowest BCUT2D eigenvalue weighted by atomic mass is 9.86. The van der Waals surface area contributed by atoms with Gasteiger partial charge in [-0.2, -0.15) is 0 Å². The van der Waals surface area contributed by atoms with Gasteiger partial charge in [0.25, 0.3) is 11.6 Å². The second kappa shape index (κ2) is 4.41. The van der Waals surface area contributed by atoms with Crippen molar-refractivity contribution >= 4 is 11.6 Å². The van der Waals surface area contributed by atoms with Crippen LogP contribution in [-0.2, 0) is 0 Å². The average molecular weight is 284 g/mol. The van der Waals surface area contributed by atoms with Gasteiger partial charge in [-0.1, -0.05) is 24.3 Å². The molecular formula is C16H16N2O3. The highest BCUT2D eigenvalue weighted by Gasteiger charge is 2.50. The summed E-state index contributed by atoms with van der Waals surface area (Å²) >= 11 is 0. The minimum absolute atomic E-state index is 0.0966. The Kier molecular flexibility index (Phi) is 2.64. The van der Waals surface area contributed by atoms with Gasteiger partial charge >= 0.3 is 0 Å². The normalized spacial score (nSPS) is 32.5. The molecule has 2 fully saturated rings. The van der Waals surface area contributed by atoms with Crippen LogP contribution in [0.15, 0.2) is 36.4 Å². The highest BCUT2D eigenvalue weighted by atomic mass is 16.6. The van der Waals surface area contributed by atoms with Crippen molar-refractivity contribution in [3.05, 3.63) is 52.1 Å². The first-order chi connectivity index (χ1) is 10.1. The van der Waals surface area contributed by atoms with Crippen molar-refractivity contribution in [1.29, 1.82) is 0 Å². The molecule has 2 bridgehead atoms. The Bertz CT molecular complexity index is 635. The van der Waals surface area contributed by atoms with E-state index < -0.39 is 4.92 Å². The van der Waals surface area contributed by atoms with Crippen LogP contribution in [0.3, 0.4) is 0 Å². The molecule has 1 heterocycles. The first kappa shape index (κ1) is 12.6. The predicted molar refractivity (Wildman–Crippen MR) is 76.7 cm³/mol. The lowest BCUT2D eigenvalue weighted by molar-refractivity contribution is -0.385. The number of nitro groups is 1. The molecule has 1 saturated carbocycles. The lowest BCUT2D eigenvalue weighted by Crippen LogP contribution is -2.30. The number of hydrogen-bond acceptors (Lipinski definition) is 3. The van der Waals surface area contributed by atoms with Gasteiger partial charge in [-0.25, -0.2) is 0 Å².